The highest BCUT2D eigenvalue weighted by molar-refractivity contribution is 7.00. The van der Waals surface area contributed by atoms with Gasteiger partial charge in [0.15, 0.2) is 0 Å². The summed E-state index contributed by atoms with van der Waals surface area (Å²) in [7, 11) is 0. The zero-order chi connectivity index (χ0) is 30.1. The molecule has 0 radical (unpaired) electrons. The van der Waals surface area contributed by atoms with Crippen LogP contribution >= 0.6 is 0 Å². The fraction of sp³-hybridized carbons (Fsp3) is 0.122. The van der Waals surface area contributed by atoms with Gasteiger partial charge in [-0.2, -0.15) is 0 Å². The molecule has 0 atom stereocenters. The van der Waals surface area contributed by atoms with Gasteiger partial charge in [0.1, 0.15) is 0 Å². The van der Waals surface area contributed by atoms with Gasteiger partial charge in [-0.3, -0.25) is 0 Å². The summed E-state index contributed by atoms with van der Waals surface area (Å²) in [6.07, 6.45) is 0. The summed E-state index contributed by atoms with van der Waals surface area (Å²) in [5.41, 5.74) is 20.5. The zero-order valence-corrected chi connectivity index (χ0v) is 26.0. The lowest BCUT2D eigenvalue weighted by Crippen LogP contribution is -2.62. The SMILES string of the molecule is Cc1cc(C)cc(N2c3cc(C)cc(C)c3B3c4ccccc4N(c4ccccc4)c4cc(-c5ccccc5C)cc2c43)c1. The van der Waals surface area contributed by atoms with Crippen LogP contribution in [0, 0.1) is 34.6 Å². The molecule has 44 heavy (non-hydrogen) atoms. The van der Waals surface area contributed by atoms with Crippen LogP contribution in [0.5, 0.6) is 0 Å². The molecule has 0 unspecified atom stereocenters. The van der Waals surface area contributed by atoms with Crippen LogP contribution in [-0.4, -0.2) is 6.71 Å². The van der Waals surface area contributed by atoms with Gasteiger partial charge in [0.25, 0.3) is 6.71 Å². The van der Waals surface area contributed by atoms with Crippen LogP contribution in [0.4, 0.5) is 34.1 Å². The second-order valence-electron chi connectivity index (χ2n) is 12.6. The van der Waals surface area contributed by atoms with E-state index in [2.05, 4.69) is 166 Å². The maximum atomic E-state index is 2.55. The number of nitrogens with zero attached hydrogens (tertiary/aromatic N) is 2. The lowest BCUT2D eigenvalue weighted by atomic mass is 9.32. The highest BCUT2D eigenvalue weighted by Crippen LogP contribution is 2.46. The Balaban J connectivity index is 1.55. The van der Waals surface area contributed by atoms with E-state index in [9.17, 15) is 0 Å². The van der Waals surface area contributed by atoms with E-state index in [1.165, 1.54) is 89.5 Å². The molecule has 0 amide bonds. The normalized spacial score (nSPS) is 13.0. The van der Waals surface area contributed by atoms with E-state index in [0.717, 1.165) is 0 Å². The number of hydrogen-bond donors (Lipinski definition) is 0. The first-order valence-corrected chi connectivity index (χ1v) is 15.6. The second-order valence-corrected chi connectivity index (χ2v) is 12.6. The van der Waals surface area contributed by atoms with Crippen molar-refractivity contribution < 1.29 is 0 Å². The Kier molecular flexibility index (Phi) is 6.06. The predicted octanol–water partition coefficient (Wildman–Crippen LogP) is 8.98. The van der Waals surface area contributed by atoms with Crippen molar-refractivity contribution in [1.82, 2.24) is 0 Å². The zero-order valence-electron chi connectivity index (χ0n) is 26.0. The third-order valence-electron chi connectivity index (χ3n) is 9.37. The summed E-state index contributed by atoms with van der Waals surface area (Å²) < 4.78 is 0. The molecule has 2 aliphatic heterocycles. The molecule has 0 saturated carbocycles. The third kappa shape index (κ3) is 4.03. The molecule has 6 aromatic carbocycles. The van der Waals surface area contributed by atoms with Gasteiger partial charge in [-0.25, -0.2) is 0 Å². The summed E-state index contributed by atoms with van der Waals surface area (Å²) in [4.78, 5) is 5.03. The molecule has 0 aliphatic carbocycles. The highest BCUT2D eigenvalue weighted by Gasteiger charge is 2.44. The third-order valence-corrected chi connectivity index (χ3v) is 9.37. The summed E-state index contributed by atoms with van der Waals surface area (Å²) in [6.45, 7) is 11.3. The first kappa shape index (κ1) is 26.6. The van der Waals surface area contributed by atoms with Gasteiger partial charge >= 0.3 is 0 Å². The standard InChI is InChI=1S/C41H35BN2/c1-26-19-27(2)22-33(21-26)44-37-23-28(3)20-30(5)40(37)42-35-17-11-12-18-36(35)43(32-14-7-6-8-15-32)38-24-31(25-39(44)41(38)42)34-16-10-9-13-29(34)4/h6-25H,1-5H3. The van der Waals surface area contributed by atoms with Crippen molar-refractivity contribution >= 4 is 57.2 Å². The molecule has 0 N–H and O–H groups in total. The molecular formula is C41H35BN2. The van der Waals surface area contributed by atoms with Crippen LogP contribution in [-0.2, 0) is 0 Å². The molecule has 2 nitrogen and oxygen atoms in total. The predicted molar refractivity (Wildman–Crippen MR) is 190 cm³/mol. The number of para-hydroxylation sites is 2. The number of benzene rings is 6. The molecule has 0 fully saturated rings. The Morgan fingerprint density at radius 1 is 0.432 bits per heavy atom. The monoisotopic (exact) mass is 566 g/mol. The van der Waals surface area contributed by atoms with Crippen molar-refractivity contribution in [3.8, 4) is 11.1 Å². The fourth-order valence-electron chi connectivity index (χ4n) is 7.72. The van der Waals surface area contributed by atoms with E-state index >= 15 is 0 Å². The largest absolute Gasteiger partial charge is 0.311 e. The van der Waals surface area contributed by atoms with Gasteiger partial charge in [0, 0.05) is 34.1 Å². The molecule has 0 aromatic heterocycles. The van der Waals surface area contributed by atoms with Crippen LogP contribution in [0.1, 0.15) is 27.8 Å². The Hall–Kier alpha value is -5.02. The van der Waals surface area contributed by atoms with Gasteiger partial charge in [0.05, 0.1) is 0 Å². The van der Waals surface area contributed by atoms with Crippen molar-refractivity contribution in [1.29, 1.82) is 0 Å². The van der Waals surface area contributed by atoms with Crippen LogP contribution in [0.3, 0.4) is 0 Å². The molecule has 212 valence electrons. The van der Waals surface area contributed by atoms with E-state index in [1.54, 1.807) is 0 Å². The molecule has 0 saturated heterocycles. The van der Waals surface area contributed by atoms with E-state index in [4.69, 9.17) is 0 Å². The first-order chi connectivity index (χ1) is 21.4. The van der Waals surface area contributed by atoms with E-state index in [0.29, 0.717) is 0 Å². The molecule has 3 heteroatoms. The van der Waals surface area contributed by atoms with Gasteiger partial charge in [-0.1, -0.05) is 78.4 Å². The van der Waals surface area contributed by atoms with E-state index in [-0.39, 0.29) is 6.71 Å². The fourth-order valence-corrected chi connectivity index (χ4v) is 7.72. The Labute approximate surface area is 261 Å². The van der Waals surface area contributed by atoms with Crippen molar-refractivity contribution in [2.24, 2.45) is 0 Å². The van der Waals surface area contributed by atoms with Crippen molar-refractivity contribution in [2.75, 3.05) is 9.80 Å². The summed E-state index contributed by atoms with van der Waals surface area (Å²) in [6, 6.07) is 45.2. The van der Waals surface area contributed by atoms with Crippen LogP contribution in [0.2, 0.25) is 0 Å². The number of fused-ring (bicyclic) bond motifs is 4. The van der Waals surface area contributed by atoms with Crippen molar-refractivity contribution in [3.05, 3.63) is 149 Å². The summed E-state index contributed by atoms with van der Waals surface area (Å²) >= 11 is 0. The molecule has 0 bridgehead atoms. The maximum absolute atomic E-state index is 2.55. The van der Waals surface area contributed by atoms with Gasteiger partial charge in [-0.15, -0.1) is 0 Å². The maximum Gasteiger partial charge on any atom is 0.252 e. The smallest absolute Gasteiger partial charge is 0.252 e. The molecule has 0 spiro atoms. The van der Waals surface area contributed by atoms with Gasteiger partial charge < -0.3 is 9.80 Å². The molecule has 6 aromatic rings. The van der Waals surface area contributed by atoms with Crippen molar-refractivity contribution in [3.63, 3.8) is 0 Å². The minimum Gasteiger partial charge on any atom is -0.311 e. The Bertz CT molecular complexity index is 2070. The van der Waals surface area contributed by atoms with E-state index in [1.807, 2.05) is 0 Å². The molecule has 2 heterocycles. The first-order valence-electron chi connectivity index (χ1n) is 15.6. The average molecular weight is 567 g/mol. The van der Waals surface area contributed by atoms with Crippen molar-refractivity contribution in [2.45, 2.75) is 34.6 Å². The van der Waals surface area contributed by atoms with Gasteiger partial charge in [-0.05, 0) is 133 Å². The van der Waals surface area contributed by atoms with Crippen LogP contribution in [0.15, 0.2) is 121 Å². The number of anilines is 6. The van der Waals surface area contributed by atoms with Crippen LogP contribution < -0.4 is 26.2 Å². The summed E-state index contributed by atoms with van der Waals surface area (Å²) in [5.74, 6) is 0. The Morgan fingerprint density at radius 3 is 1.75 bits per heavy atom. The van der Waals surface area contributed by atoms with E-state index < -0.39 is 0 Å². The average Bonchev–Trinajstić information content (AvgIpc) is 3.00. The quantitative estimate of drug-likeness (QED) is 0.197. The highest BCUT2D eigenvalue weighted by atomic mass is 15.2. The van der Waals surface area contributed by atoms with Crippen LogP contribution in [0.25, 0.3) is 11.1 Å². The summed E-state index contributed by atoms with van der Waals surface area (Å²) in [5, 5.41) is 0. The molecule has 8 rings (SSSR count). The Morgan fingerprint density at radius 2 is 1.02 bits per heavy atom. The molecular weight excluding hydrogens is 531 g/mol. The number of aryl methyl sites for hydroxylation is 5. The topological polar surface area (TPSA) is 6.48 Å². The number of rotatable bonds is 3. The number of hydrogen-bond acceptors (Lipinski definition) is 2. The lowest BCUT2D eigenvalue weighted by Gasteiger charge is -2.45. The minimum absolute atomic E-state index is 0.125. The second kappa shape index (κ2) is 10.0. The van der Waals surface area contributed by atoms with Gasteiger partial charge in [0.2, 0.25) is 0 Å². The minimum atomic E-state index is 0.125. The lowest BCUT2D eigenvalue weighted by molar-refractivity contribution is 1.23. The molecule has 2 aliphatic rings.